The van der Waals surface area contributed by atoms with Gasteiger partial charge in [-0.3, -0.25) is 14.7 Å². The first-order valence-electron chi connectivity index (χ1n) is 7.77. The number of H-pyrrole nitrogens is 1. The van der Waals surface area contributed by atoms with Crippen LogP contribution in [0.1, 0.15) is 38.9 Å². The number of aromatic nitrogens is 2. The largest absolute Gasteiger partial charge is 0.343 e. The first kappa shape index (κ1) is 16.2. The molecule has 2 aromatic rings. The van der Waals surface area contributed by atoms with Gasteiger partial charge in [-0.1, -0.05) is 0 Å². The van der Waals surface area contributed by atoms with Gasteiger partial charge in [0.1, 0.15) is 11.5 Å². The maximum atomic E-state index is 13.0. The summed E-state index contributed by atoms with van der Waals surface area (Å²) in [4.78, 5) is 27.6. The molecule has 2 amide bonds. The maximum absolute atomic E-state index is 13.0. The van der Waals surface area contributed by atoms with E-state index in [1.807, 2.05) is 0 Å². The molecule has 1 saturated heterocycles. The number of aromatic amines is 1. The SMILES string of the molecule is CN(C)C(=O)c1cc(C2CCN(C(=O)c3ccc(F)cc3)C2)[nH]n1. The highest BCUT2D eigenvalue weighted by atomic mass is 19.1. The van der Waals surface area contributed by atoms with Gasteiger partial charge in [-0.05, 0) is 36.8 Å². The van der Waals surface area contributed by atoms with Crippen molar-refractivity contribution in [2.75, 3.05) is 27.2 Å². The summed E-state index contributed by atoms with van der Waals surface area (Å²) in [6, 6.07) is 7.31. The zero-order valence-electron chi connectivity index (χ0n) is 13.6. The fraction of sp³-hybridized carbons (Fsp3) is 0.353. The van der Waals surface area contributed by atoms with Gasteiger partial charge in [0.05, 0.1) is 0 Å². The molecule has 1 unspecified atom stereocenters. The molecule has 1 atom stereocenters. The molecular weight excluding hydrogens is 311 g/mol. The van der Waals surface area contributed by atoms with Crippen molar-refractivity contribution in [1.29, 1.82) is 0 Å². The second-order valence-corrected chi connectivity index (χ2v) is 6.15. The van der Waals surface area contributed by atoms with Crippen LogP contribution in [-0.2, 0) is 0 Å². The van der Waals surface area contributed by atoms with Crippen molar-refractivity contribution in [3.63, 3.8) is 0 Å². The number of carbonyl (C=O) groups excluding carboxylic acids is 2. The van der Waals surface area contributed by atoms with Crippen LogP contribution >= 0.6 is 0 Å². The van der Waals surface area contributed by atoms with Crippen molar-refractivity contribution in [3.05, 3.63) is 53.1 Å². The lowest BCUT2D eigenvalue weighted by Crippen LogP contribution is -2.28. The average molecular weight is 330 g/mol. The molecule has 126 valence electrons. The zero-order chi connectivity index (χ0) is 17.3. The Hall–Kier alpha value is -2.70. The van der Waals surface area contributed by atoms with Crippen molar-refractivity contribution in [2.24, 2.45) is 0 Å². The second kappa shape index (κ2) is 6.43. The topological polar surface area (TPSA) is 69.3 Å². The molecule has 1 fully saturated rings. The lowest BCUT2D eigenvalue weighted by atomic mass is 10.0. The van der Waals surface area contributed by atoms with E-state index in [0.717, 1.165) is 12.1 Å². The van der Waals surface area contributed by atoms with Gasteiger partial charge in [0.25, 0.3) is 11.8 Å². The predicted molar refractivity (Wildman–Crippen MR) is 86.3 cm³/mol. The van der Waals surface area contributed by atoms with Crippen LogP contribution in [0.25, 0.3) is 0 Å². The molecule has 1 aliphatic rings. The quantitative estimate of drug-likeness (QED) is 0.934. The van der Waals surface area contributed by atoms with E-state index in [4.69, 9.17) is 0 Å². The summed E-state index contributed by atoms with van der Waals surface area (Å²) in [5, 5.41) is 6.96. The minimum atomic E-state index is -0.360. The van der Waals surface area contributed by atoms with E-state index >= 15 is 0 Å². The van der Waals surface area contributed by atoms with E-state index in [0.29, 0.717) is 24.3 Å². The van der Waals surface area contributed by atoms with Crippen molar-refractivity contribution in [2.45, 2.75) is 12.3 Å². The fourth-order valence-corrected chi connectivity index (χ4v) is 2.86. The van der Waals surface area contributed by atoms with Crippen LogP contribution < -0.4 is 0 Å². The second-order valence-electron chi connectivity index (χ2n) is 6.15. The molecule has 1 N–H and O–H groups in total. The maximum Gasteiger partial charge on any atom is 0.273 e. The standard InChI is InChI=1S/C17H19FN4O2/c1-21(2)17(24)15-9-14(19-20-15)12-7-8-22(10-12)16(23)11-3-5-13(18)6-4-11/h3-6,9,12H,7-8,10H2,1-2H3,(H,19,20). The van der Waals surface area contributed by atoms with Gasteiger partial charge in [-0.15, -0.1) is 0 Å². The van der Waals surface area contributed by atoms with Gasteiger partial charge in [0.2, 0.25) is 0 Å². The third-order valence-corrected chi connectivity index (χ3v) is 4.23. The molecule has 7 heteroatoms. The molecule has 24 heavy (non-hydrogen) atoms. The molecule has 6 nitrogen and oxygen atoms in total. The average Bonchev–Trinajstić information content (AvgIpc) is 3.23. The summed E-state index contributed by atoms with van der Waals surface area (Å²) in [5.74, 6) is -0.511. The van der Waals surface area contributed by atoms with Crippen molar-refractivity contribution >= 4 is 11.8 Å². The monoisotopic (exact) mass is 330 g/mol. The third kappa shape index (κ3) is 3.15. The van der Waals surface area contributed by atoms with Crippen LogP contribution in [0, 0.1) is 5.82 Å². The van der Waals surface area contributed by atoms with E-state index in [-0.39, 0.29) is 23.5 Å². The molecule has 0 saturated carbocycles. The highest BCUT2D eigenvalue weighted by Crippen LogP contribution is 2.27. The summed E-state index contributed by atoms with van der Waals surface area (Å²) in [7, 11) is 3.35. The molecule has 3 rings (SSSR count). The number of nitrogens with zero attached hydrogens (tertiary/aromatic N) is 3. The van der Waals surface area contributed by atoms with Gasteiger partial charge in [-0.25, -0.2) is 4.39 Å². The highest BCUT2D eigenvalue weighted by Gasteiger charge is 2.29. The Morgan fingerprint density at radius 1 is 1.29 bits per heavy atom. The summed E-state index contributed by atoms with van der Waals surface area (Å²) < 4.78 is 13.0. The number of benzene rings is 1. The van der Waals surface area contributed by atoms with Gasteiger partial charge < -0.3 is 9.80 Å². The number of halogens is 1. The molecule has 0 spiro atoms. The fourth-order valence-electron chi connectivity index (χ4n) is 2.86. The van der Waals surface area contributed by atoms with Crippen LogP contribution in [-0.4, -0.2) is 59.0 Å². The smallest absolute Gasteiger partial charge is 0.273 e. The Labute approximate surface area is 139 Å². The minimum absolute atomic E-state index is 0.110. The normalized spacial score (nSPS) is 17.1. The van der Waals surface area contributed by atoms with Crippen LogP contribution in [0.3, 0.4) is 0 Å². The van der Waals surface area contributed by atoms with E-state index in [2.05, 4.69) is 10.2 Å². The number of likely N-dealkylation sites (tertiary alicyclic amines) is 1. The van der Waals surface area contributed by atoms with E-state index in [1.165, 1.54) is 29.2 Å². The number of rotatable bonds is 3. The predicted octanol–water partition coefficient (Wildman–Crippen LogP) is 1.88. The molecule has 1 aromatic carbocycles. The lowest BCUT2D eigenvalue weighted by molar-refractivity contribution is 0.0789. The summed E-state index contributed by atoms with van der Waals surface area (Å²) >= 11 is 0. The molecular formula is C17H19FN4O2. The molecule has 0 aliphatic carbocycles. The lowest BCUT2D eigenvalue weighted by Gasteiger charge is -2.16. The van der Waals surface area contributed by atoms with Gasteiger partial charge >= 0.3 is 0 Å². The van der Waals surface area contributed by atoms with Gasteiger partial charge in [0, 0.05) is 44.4 Å². The number of carbonyl (C=O) groups is 2. The van der Waals surface area contributed by atoms with Crippen molar-refractivity contribution < 1.29 is 14.0 Å². The van der Waals surface area contributed by atoms with Crippen molar-refractivity contribution in [3.8, 4) is 0 Å². The van der Waals surface area contributed by atoms with Crippen LogP contribution in [0.2, 0.25) is 0 Å². The van der Waals surface area contributed by atoms with Crippen LogP contribution in [0.5, 0.6) is 0 Å². The summed E-state index contributed by atoms with van der Waals surface area (Å²) in [6.07, 6.45) is 0.796. The Morgan fingerprint density at radius 3 is 2.67 bits per heavy atom. The Balaban J connectivity index is 1.68. The number of nitrogens with one attached hydrogen (secondary N) is 1. The number of hydrogen-bond donors (Lipinski definition) is 1. The van der Waals surface area contributed by atoms with Crippen molar-refractivity contribution in [1.82, 2.24) is 20.0 Å². The third-order valence-electron chi connectivity index (χ3n) is 4.23. The Kier molecular flexibility index (Phi) is 4.33. The highest BCUT2D eigenvalue weighted by molar-refractivity contribution is 5.94. The first-order chi connectivity index (χ1) is 11.5. The first-order valence-corrected chi connectivity index (χ1v) is 7.77. The summed E-state index contributed by atoms with van der Waals surface area (Å²) in [6.45, 7) is 1.17. The molecule has 0 radical (unpaired) electrons. The molecule has 0 bridgehead atoms. The molecule has 1 aromatic heterocycles. The van der Waals surface area contributed by atoms with E-state index in [9.17, 15) is 14.0 Å². The minimum Gasteiger partial charge on any atom is -0.343 e. The van der Waals surface area contributed by atoms with Crippen LogP contribution in [0.15, 0.2) is 30.3 Å². The van der Waals surface area contributed by atoms with E-state index in [1.54, 1.807) is 25.1 Å². The molecule has 2 heterocycles. The number of amides is 2. The van der Waals surface area contributed by atoms with E-state index < -0.39 is 0 Å². The molecule has 1 aliphatic heterocycles. The number of hydrogen-bond acceptors (Lipinski definition) is 3. The summed E-state index contributed by atoms with van der Waals surface area (Å²) in [5.41, 5.74) is 1.71. The van der Waals surface area contributed by atoms with Gasteiger partial charge in [-0.2, -0.15) is 5.10 Å². The van der Waals surface area contributed by atoms with Gasteiger partial charge in [0.15, 0.2) is 0 Å². The Morgan fingerprint density at radius 2 is 2.00 bits per heavy atom. The van der Waals surface area contributed by atoms with Crippen LogP contribution in [0.4, 0.5) is 4.39 Å². The Bertz CT molecular complexity index is 754. The zero-order valence-corrected chi connectivity index (χ0v) is 13.6.